The SMILES string of the molecule is CCC(=O)N1CCc2cc([C@@H](O)CN3CCCC[C@@H]3C)ccc21. The third kappa shape index (κ3) is 3.43. The van der Waals surface area contributed by atoms with Gasteiger partial charge in [-0.25, -0.2) is 0 Å². The van der Waals surface area contributed by atoms with Crippen LogP contribution in [0.25, 0.3) is 0 Å². The Kier molecular flexibility index (Phi) is 5.02. The quantitative estimate of drug-likeness (QED) is 0.929. The van der Waals surface area contributed by atoms with E-state index < -0.39 is 6.10 Å². The fraction of sp³-hybridized carbons (Fsp3) is 0.632. The average Bonchev–Trinajstić information content (AvgIpc) is 2.99. The maximum atomic E-state index is 12.0. The van der Waals surface area contributed by atoms with Gasteiger partial charge in [0, 0.05) is 31.2 Å². The number of benzene rings is 1. The summed E-state index contributed by atoms with van der Waals surface area (Å²) in [6.07, 6.45) is 4.74. The minimum absolute atomic E-state index is 0.180. The van der Waals surface area contributed by atoms with Crippen LogP contribution in [0.15, 0.2) is 18.2 Å². The molecule has 1 amide bonds. The van der Waals surface area contributed by atoms with E-state index in [1.54, 1.807) is 0 Å². The zero-order valence-electron chi connectivity index (χ0n) is 14.3. The number of likely N-dealkylation sites (tertiary alicyclic amines) is 1. The molecule has 2 aliphatic heterocycles. The smallest absolute Gasteiger partial charge is 0.226 e. The van der Waals surface area contributed by atoms with Gasteiger partial charge in [-0.1, -0.05) is 25.5 Å². The van der Waals surface area contributed by atoms with Gasteiger partial charge in [0.25, 0.3) is 0 Å². The van der Waals surface area contributed by atoms with Crippen LogP contribution in [-0.4, -0.2) is 41.6 Å². The van der Waals surface area contributed by atoms with Crippen LogP contribution in [0.1, 0.15) is 56.8 Å². The summed E-state index contributed by atoms with van der Waals surface area (Å²) < 4.78 is 0. The summed E-state index contributed by atoms with van der Waals surface area (Å²) in [7, 11) is 0. The number of anilines is 1. The van der Waals surface area contributed by atoms with E-state index in [1.807, 2.05) is 24.0 Å². The maximum Gasteiger partial charge on any atom is 0.226 e. The normalized spacial score (nSPS) is 22.9. The zero-order chi connectivity index (χ0) is 16.4. The third-order valence-corrected chi connectivity index (χ3v) is 5.34. The highest BCUT2D eigenvalue weighted by molar-refractivity contribution is 5.95. The van der Waals surface area contributed by atoms with Crippen LogP contribution >= 0.6 is 0 Å². The van der Waals surface area contributed by atoms with E-state index in [0.29, 0.717) is 19.0 Å². The van der Waals surface area contributed by atoms with Gasteiger partial charge in [-0.05, 0) is 49.9 Å². The molecule has 1 fully saturated rings. The van der Waals surface area contributed by atoms with Gasteiger partial charge >= 0.3 is 0 Å². The Morgan fingerprint density at radius 3 is 2.91 bits per heavy atom. The van der Waals surface area contributed by atoms with Gasteiger partial charge in [-0.15, -0.1) is 0 Å². The molecule has 126 valence electrons. The molecule has 1 saturated heterocycles. The molecule has 2 heterocycles. The van der Waals surface area contributed by atoms with Gasteiger partial charge in [0.05, 0.1) is 6.10 Å². The lowest BCUT2D eigenvalue weighted by Gasteiger charge is -2.34. The van der Waals surface area contributed by atoms with Gasteiger partial charge in [0.2, 0.25) is 5.91 Å². The zero-order valence-corrected chi connectivity index (χ0v) is 14.3. The van der Waals surface area contributed by atoms with E-state index in [1.165, 1.54) is 24.8 Å². The van der Waals surface area contributed by atoms with Crippen molar-refractivity contribution in [1.29, 1.82) is 0 Å². The Balaban J connectivity index is 1.71. The van der Waals surface area contributed by atoms with E-state index in [2.05, 4.69) is 17.9 Å². The van der Waals surface area contributed by atoms with Crippen molar-refractivity contribution in [3.05, 3.63) is 29.3 Å². The number of piperidine rings is 1. The number of rotatable bonds is 4. The summed E-state index contributed by atoms with van der Waals surface area (Å²) in [5, 5.41) is 10.6. The van der Waals surface area contributed by atoms with Crippen LogP contribution in [0.3, 0.4) is 0 Å². The summed E-state index contributed by atoms with van der Waals surface area (Å²) >= 11 is 0. The number of hydrogen-bond donors (Lipinski definition) is 1. The predicted molar refractivity (Wildman–Crippen MR) is 92.6 cm³/mol. The van der Waals surface area contributed by atoms with Crippen LogP contribution in [0, 0.1) is 0 Å². The molecular formula is C19H28N2O2. The van der Waals surface area contributed by atoms with Gasteiger partial charge in [-0.3, -0.25) is 9.69 Å². The molecular weight excluding hydrogens is 288 g/mol. The van der Waals surface area contributed by atoms with Crippen molar-refractivity contribution in [3.8, 4) is 0 Å². The summed E-state index contributed by atoms with van der Waals surface area (Å²) in [5.74, 6) is 0.180. The average molecular weight is 316 g/mol. The van der Waals surface area contributed by atoms with Crippen LogP contribution in [-0.2, 0) is 11.2 Å². The number of nitrogens with zero attached hydrogens (tertiary/aromatic N) is 2. The molecule has 0 aromatic heterocycles. The maximum absolute atomic E-state index is 12.0. The Bertz CT molecular complexity index is 572. The van der Waals surface area contributed by atoms with Gasteiger partial charge in [0.1, 0.15) is 0 Å². The summed E-state index contributed by atoms with van der Waals surface area (Å²) in [6, 6.07) is 6.65. The molecule has 1 aromatic rings. The predicted octanol–water partition coefficient (Wildman–Crippen LogP) is 2.89. The topological polar surface area (TPSA) is 43.8 Å². The summed E-state index contributed by atoms with van der Waals surface area (Å²) in [4.78, 5) is 16.2. The number of hydrogen-bond acceptors (Lipinski definition) is 3. The largest absolute Gasteiger partial charge is 0.387 e. The van der Waals surface area contributed by atoms with Crippen LogP contribution in [0.2, 0.25) is 0 Å². The molecule has 2 aliphatic rings. The van der Waals surface area contributed by atoms with Crippen molar-refractivity contribution in [2.75, 3.05) is 24.5 Å². The lowest BCUT2D eigenvalue weighted by atomic mass is 10.00. The molecule has 0 unspecified atom stereocenters. The lowest BCUT2D eigenvalue weighted by molar-refractivity contribution is -0.118. The second-order valence-electron chi connectivity index (χ2n) is 6.89. The number of carbonyl (C=O) groups is 1. The standard InChI is InChI=1S/C19H28N2O2/c1-3-19(23)21-11-9-15-12-16(7-8-17(15)21)18(22)13-20-10-5-4-6-14(20)2/h7-8,12,14,18,22H,3-6,9-11,13H2,1-2H3/t14-,18-/m0/s1. The Hall–Kier alpha value is -1.39. The van der Waals surface area contributed by atoms with E-state index in [4.69, 9.17) is 0 Å². The molecule has 0 bridgehead atoms. The fourth-order valence-corrected chi connectivity index (χ4v) is 3.84. The minimum atomic E-state index is -0.447. The molecule has 1 N–H and O–H groups in total. The number of amides is 1. The molecule has 2 atom stereocenters. The third-order valence-electron chi connectivity index (χ3n) is 5.34. The Morgan fingerprint density at radius 2 is 2.17 bits per heavy atom. The fourth-order valence-electron chi connectivity index (χ4n) is 3.84. The molecule has 4 nitrogen and oxygen atoms in total. The van der Waals surface area contributed by atoms with E-state index >= 15 is 0 Å². The Morgan fingerprint density at radius 1 is 1.35 bits per heavy atom. The summed E-state index contributed by atoms with van der Waals surface area (Å²) in [5.41, 5.74) is 3.20. The van der Waals surface area contributed by atoms with Crippen LogP contribution in [0.4, 0.5) is 5.69 Å². The lowest BCUT2D eigenvalue weighted by Crippen LogP contribution is -2.40. The number of fused-ring (bicyclic) bond motifs is 1. The molecule has 0 spiro atoms. The first-order valence-electron chi connectivity index (χ1n) is 8.95. The molecule has 0 saturated carbocycles. The highest BCUT2D eigenvalue weighted by Crippen LogP contribution is 2.31. The highest BCUT2D eigenvalue weighted by atomic mass is 16.3. The number of carbonyl (C=O) groups excluding carboxylic acids is 1. The first kappa shape index (κ1) is 16.5. The van der Waals surface area contributed by atoms with E-state index in [9.17, 15) is 9.90 Å². The molecule has 1 aromatic carbocycles. The van der Waals surface area contributed by atoms with Gasteiger partial charge < -0.3 is 10.0 Å². The minimum Gasteiger partial charge on any atom is -0.387 e. The van der Waals surface area contributed by atoms with E-state index in [0.717, 1.165) is 30.8 Å². The molecule has 3 rings (SSSR count). The number of β-amino-alcohol motifs (C(OH)–C–C–N with tert-alkyl or cyclic N) is 1. The highest BCUT2D eigenvalue weighted by Gasteiger charge is 2.26. The Labute approximate surface area is 139 Å². The van der Waals surface area contributed by atoms with Crippen LogP contribution in [0.5, 0.6) is 0 Å². The van der Waals surface area contributed by atoms with E-state index in [-0.39, 0.29) is 5.91 Å². The van der Waals surface area contributed by atoms with Crippen molar-refractivity contribution in [2.45, 2.75) is 58.1 Å². The first-order chi connectivity index (χ1) is 11.1. The van der Waals surface area contributed by atoms with Crippen molar-refractivity contribution < 1.29 is 9.90 Å². The van der Waals surface area contributed by atoms with Crippen molar-refractivity contribution in [2.24, 2.45) is 0 Å². The van der Waals surface area contributed by atoms with Gasteiger partial charge in [0.15, 0.2) is 0 Å². The molecule has 4 heteroatoms. The summed E-state index contributed by atoms with van der Waals surface area (Å²) in [6.45, 7) is 6.71. The molecule has 0 aliphatic carbocycles. The number of aliphatic hydroxyl groups is 1. The second-order valence-corrected chi connectivity index (χ2v) is 6.89. The van der Waals surface area contributed by atoms with Crippen molar-refractivity contribution in [1.82, 2.24) is 4.90 Å². The first-order valence-corrected chi connectivity index (χ1v) is 8.95. The van der Waals surface area contributed by atoms with Gasteiger partial charge in [-0.2, -0.15) is 0 Å². The van der Waals surface area contributed by atoms with Crippen molar-refractivity contribution >= 4 is 11.6 Å². The molecule has 23 heavy (non-hydrogen) atoms. The van der Waals surface area contributed by atoms with Crippen LogP contribution < -0.4 is 4.90 Å². The number of aliphatic hydroxyl groups excluding tert-OH is 1. The molecule has 0 radical (unpaired) electrons. The van der Waals surface area contributed by atoms with Crippen molar-refractivity contribution in [3.63, 3.8) is 0 Å². The monoisotopic (exact) mass is 316 g/mol. The second kappa shape index (κ2) is 7.02.